The number of unbranched alkanes of at least 4 members (excludes halogenated alkanes) is 3. The molecule has 0 amide bonds. The van der Waals surface area contributed by atoms with Gasteiger partial charge in [0, 0.05) is 11.5 Å². The van der Waals surface area contributed by atoms with Crippen LogP contribution in [0.15, 0.2) is 48.5 Å². The van der Waals surface area contributed by atoms with Crippen molar-refractivity contribution < 1.29 is 4.74 Å². The lowest BCUT2D eigenvalue weighted by Gasteiger charge is -2.07. The molecule has 0 heterocycles. The molecule has 0 aromatic heterocycles. The summed E-state index contributed by atoms with van der Waals surface area (Å²) in [5.41, 5.74) is 3.25. The largest absolute Gasteiger partial charge is 0.494 e. The molecule has 2 aromatic rings. The van der Waals surface area contributed by atoms with Crippen LogP contribution in [0, 0.1) is 5.41 Å². The molecule has 0 saturated carbocycles. The smallest absolute Gasteiger partial charge is 0.119 e. The van der Waals surface area contributed by atoms with Gasteiger partial charge >= 0.3 is 0 Å². The lowest BCUT2D eigenvalue weighted by molar-refractivity contribution is 0.305. The van der Waals surface area contributed by atoms with Gasteiger partial charge in [-0.1, -0.05) is 65.2 Å². The van der Waals surface area contributed by atoms with Gasteiger partial charge in [-0.2, -0.15) is 0 Å². The number of rotatable bonds is 9. The predicted molar refractivity (Wildman–Crippen MR) is 97.5 cm³/mol. The minimum Gasteiger partial charge on any atom is -0.494 e. The summed E-state index contributed by atoms with van der Waals surface area (Å²) >= 11 is 3.45. The van der Waals surface area contributed by atoms with E-state index in [1.54, 1.807) is 0 Å². The van der Waals surface area contributed by atoms with E-state index in [4.69, 9.17) is 10.1 Å². The first kappa shape index (κ1) is 16.8. The number of nitrogens with one attached hydrogen (secondary N) is 1. The zero-order valence-corrected chi connectivity index (χ0v) is 14.3. The molecule has 0 bridgehead atoms. The highest BCUT2D eigenvalue weighted by Crippen LogP contribution is 2.22. The summed E-state index contributed by atoms with van der Waals surface area (Å²) in [6.07, 6.45) is 6.20. The van der Waals surface area contributed by atoms with Gasteiger partial charge in [-0.05, 0) is 41.7 Å². The number of alkyl halides is 1. The molecule has 0 aliphatic carbocycles. The van der Waals surface area contributed by atoms with Gasteiger partial charge in [-0.15, -0.1) is 0 Å². The Bertz CT molecular complexity index is 563. The van der Waals surface area contributed by atoms with Gasteiger partial charge in [-0.25, -0.2) is 0 Å². The van der Waals surface area contributed by atoms with Crippen molar-refractivity contribution in [1.82, 2.24) is 0 Å². The van der Waals surface area contributed by atoms with E-state index < -0.39 is 0 Å². The Hall–Kier alpha value is -1.61. The molecule has 0 saturated heterocycles. The summed E-state index contributed by atoms with van der Waals surface area (Å²) in [7, 11) is 0. The second kappa shape index (κ2) is 9.42. The van der Waals surface area contributed by atoms with Crippen LogP contribution in [0.3, 0.4) is 0 Å². The van der Waals surface area contributed by atoms with E-state index in [-0.39, 0.29) is 0 Å². The fourth-order valence-electron chi connectivity index (χ4n) is 2.26. The number of ether oxygens (including phenoxy) is 1. The highest BCUT2D eigenvalue weighted by molar-refractivity contribution is 9.09. The summed E-state index contributed by atoms with van der Waals surface area (Å²) < 4.78 is 5.77. The maximum absolute atomic E-state index is 7.22. The van der Waals surface area contributed by atoms with Gasteiger partial charge in [-0.3, -0.25) is 0 Å². The third-order valence-electron chi connectivity index (χ3n) is 3.56. The minimum atomic E-state index is 0.787. The Balaban J connectivity index is 1.83. The van der Waals surface area contributed by atoms with Crippen LogP contribution in [0.2, 0.25) is 0 Å². The molecule has 22 heavy (non-hydrogen) atoms. The third kappa shape index (κ3) is 5.30. The SMILES string of the molecule is N=Cc1ccc(-c2ccc(OCCCCCCBr)cc2)cc1. The van der Waals surface area contributed by atoms with Crippen LogP contribution in [-0.4, -0.2) is 18.2 Å². The van der Waals surface area contributed by atoms with Crippen LogP contribution < -0.4 is 4.74 Å². The van der Waals surface area contributed by atoms with Crippen LogP contribution in [0.25, 0.3) is 11.1 Å². The van der Waals surface area contributed by atoms with Gasteiger partial charge in [0.05, 0.1) is 6.61 Å². The lowest BCUT2D eigenvalue weighted by atomic mass is 10.0. The fourth-order valence-corrected chi connectivity index (χ4v) is 2.65. The first-order valence-electron chi connectivity index (χ1n) is 7.73. The summed E-state index contributed by atoms with van der Waals surface area (Å²) in [5.74, 6) is 0.931. The number of halogens is 1. The molecular weight excluding hydrogens is 338 g/mol. The predicted octanol–water partition coefficient (Wildman–Crippen LogP) is 5.69. The van der Waals surface area contributed by atoms with E-state index in [0.29, 0.717) is 0 Å². The lowest BCUT2D eigenvalue weighted by Crippen LogP contribution is -1.97. The van der Waals surface area contributed by atoms with Crippen LogP contribution in [0.5, 0.6) is 5.75 Å². The Kier molecular flexibility index (Phi) is 7.17. The van der Waals surface area contributed by atoms with Gasteiger partial charge in [0.15, 0.2) is 0 Å². The second-order valence-corrected chi connectivity index (χ2v) is 6.04. The molecule has 0 unspecified atom stereocenters. The summed E-state index contributed by atoms with van der Waals surface area (Å²) in [4.78, 5) is 0. The van der Waals surface area contributed by atoms with E-state index in [9.17, 15) is 0 Å². The number of hydrogen-bond acceptors (Lipinski definition) is 2. The molecular formula is C19H22BrNO. The zero-order chi connectivity index (χ0) is 15.6. The standard InChI is InChI=1S/C19H22BrNO/c20-13-3-1-2-4-14-22-19-11-9-18(10-12-19)17-7-5-16(15-21)6-8-17/h5-12,15,21H,1-4,13-14H2. The summed E-state index contributed by atoms with van der Waals surface area (Å²) in [5, 5.41) is 8.31. The molecule has 2 rings (SSSR count). The van der Waals surface area contributed by atoms with E-state index in [1.807, 2.05) is 36.4 Å². The third-order valence-corrected chi connectivity index (χ3v) is 4.12. The van der Waals surface area contributed by atoms with Gasteiger partial charge < -0.3 is 10.1 Å². The normalized spacial score (nSPS) is 10.4. The van der Waals surface area contributed by atoms with Crippen LogP contribution in [0.4, 0.5) is 0 Å². The van der Waals surface area contributed by atoms with Crippen molar-refractivity contribution in [3.05, 3.63) is 54.1 Å². The summed E-state index contributed by atoms with van der Waals surface area (Å²) in [6.45, 7) is 0.787. The molecule has 1 N–H and O–H groups in total. The van der Waals surface area contributed by atoms with Gasteiger partial charge in [0.1, 0.15) is 5.75 Å². The minimum absolute atomic E-state index is 0.787. The van der Waals surface area contributed by atoms with Crippen molar-refractivity contribution in [3.63, 3.8) is 0 Å². The molecule has 0 aliphatic heterocycles. The zero-order valence-electron chi connectivity index (χ0n) is 12.7. The average Bonchev–Trinajstić information content (AvgIpc) is 2.59. The van der Waals surface area contributed by atoms with Crippen LogP contribution >= 0.6 is 15.9 Å². The van der Waals surface area contributed by atoms with Crippen LogP contribution in [0.1, 0.15) is 31.2 Å². The van der Waals surface area contributed by atoms with Crippen molar-refractivity contribution in [2.45, 2.75) is 25.7 Å². The van der Waals surface area contributed by atoms with Crippen molar-refractivity contribution >= 4 is 22.1 Å². The van der Waals surface area contributed by atoms with Gasteiger partial charge in [0.25, 0.3) is 0 Å². The molecule has 116 valence electrons. The van der Waals surface area contributed by atoms with E-state index in [2.05, 4.69) is 28.1 Å². The van der Waals surface area contributed by atoms with Crippen molar-refractivity contribution in [1.29, 1.82) is 5.41 Å². The number of benzene rings is 2. The summed E-state index contributed by atoms with van der Waals surface area (Å²) in [6, 6.07) is 16.2. The maximum atomic E-state index is 7.22. The van der Waals surface area contributed by atoms with Crippen molar-refractivity contribution in [2.24, 2.45) is 0 Å². The topological polar surface area (TPSA) is 33.1 Å². The van der Waals surface area contributed by atoms with Crippen LogP contribution in [-0.2, 0) is 0 Å². The Labute approximate surface area is 141 Å². The van der Waals surface area contributed by atoms with E-state index >= 15 is 0 Å². The van der Waals surface area contributed by atoms with Crippen molar-refractivity contribution in [3.8, 4) is 16.9 Å². The van der Waals surface area contributed by atoms with Gasteiger partial charge in [0.2, 0.25) is 0 Å². The fraction of sp³-hybridized carbons (Fsp3) is 0.316. The number of hydrogen-bond donors (Lipinski definition) is 1. The molecule has 2 aromatic carbocycles. The molecule has 0 aliphatic rings. The Morgan fingerprint density at radius 2 is 1.41 bits per heavy atom. The molecule has 0 radical (unpaired) electrons. The highest BCUT2D eigenvalue weighted by atomic mass is 79.9. The van der Waals surface area contributed by atoms with E-state index in [0.717, 1.165) is 35.2 Å². The molecule has 2 nitrogen and oxygen atoms in total. The monoisotopic (exact) mass is 359 g/mol. The molecule has 3 heteroatoms. The average molecular weight is 360 g/mol. The highest BCUT2D eigenvalue weighted by Gasteiger charge is 1.99. The first-order chi connectivity index (χ1) is 10.8. The molecule has 0 spiro atoms. The second-order valence-electron chi connectivity index (χ2n) is 5.24. The molecule has 0 fully saturated rings. The molecule has 0 atom stereocenters. The maximum Gasteiger partial charge on any atom is 0.119 e. The van der Waals surface area contributed by atoms with Crippen molar-refractivity contribution in [2.75, 3.05) is 11.9 Å². The first-order valence-corrected chi connectivity index (χ1v) is 8.85. The Morgan fingerprint density at radius 1 is 0.818 bits per heavy atom. The van der Waals surface area contributed by atoms with E-state index in [1.165, 1.54) is 31.0 Å². The quantitative estimate of drug-likeness (QED) is 0.348. The Morgan fingerprint density at radius 3 is 2.00 bits per heavy atom.